The molecule has 1 aliphatic carbocycles. The van der Waals surface area contributed by atoms with E-state index in [1.807, 2.05) is 18.2 Å². The van der Waals surface area contributed by atoms with Crippen LogP contribution in [-0.2, 0) is 6.54 Å². The Balaban J connectivity index is 2.10. The van der Waals surface area contributed by atoms with E-state index in [1.165, 1.54) is 0 Å². The Hall–Kier alpha value is -1.26. The third kappa shape index (κ3) is 4.61. The molecule has 0 heterocycles. The first-order valence-corrected chi connectivity index (χ1v) is 7.66. The first kappa shape index (κ1) is 16.1. The average molecular weight is 293 g/mol. The smallest absolute Gasteiger partial charge is 0.162 e. The number of aliphatic hydroxyl groups is 1. The van der Waals surface area contributed by atoms with Crippen LogP contribution in [-0.4, -0.2) is 30.0 Å². The van der Waals surface area contributed by atoms with Gasteiger partial charge in [-0.25, -0.2) is 0 Å². The molecule has 0 radical (unpaired) electrons. The number of rotatable bonds is 5. The molecule has 4 nitrogen and oxygen atoms in total. The Labute approximate surface area is 127 Å². The van der Waals surface area contributed by atoms with Crippen molar-refractivity contribution in [2.75, 3.05) is 7.11 Å². The number of aliphatic hydroxyl groups excluding tert-OH is 1. The zero-order chi connectivity index (χ0) is 15.5. The predicted octanol–water partition coefficient (Wildman–Crippen LogP) is 2.88. The zero-order valence-electron chi connectivity index (χ0n) is 13.5. The first-order valence-electron chi connectivity index (χ1n) is 7.66. The summed E-state index contributed by atoms with van der Waals surface area (Å²) in [5.41, 5.74) is 1.22. The van der Waals surface area contributed by atoms with E-state index in [1.54, 1.807) is 7.11 Å². The van der Waals surface area contributed by atoms with Crippen molar-refractivity contribution in [1.82, 2.24) is 5.32 Å². The highest BCUT2D eigenvalue weighted by molar-refractivity contribution is 5.43. The van der Waals surface area contributed by atoms with E-state index in [0.29, 0.717) is 5.75 Å². The number of hydrogen-bond donors (Lipinski definition) is 2. The van der Waals surface area contributed by atoms with Crippen LogP contribution in [0.4, 0.5) is 0 Å². The summed E-state index contributed by atoms with van der Waals surface area (Å²) >= 11 is 0. The molecule has 0 saturated heterocycles. The van der Waals surface area contributed by atoms with Gasteiger partial charge in [-0.1, -0.05) is 6.07 Å². The third-order valence-corrected chi connectivity index (χ3v) is 3.75. The molecule has 0 aliphatic heterocycles. The molecule has 21 heavy (non-hydrogen) atoms. The molecular weight excluding hydrogens is 266 g/mol. The minimum Gasteiger partial charge on any atom is -0.493 e. The molecule has 2 N–H and O–H groups in total. The Morgan fingerprint density at radius 3 is 2.57 bits per heavy atom. The van der Waals surface area contributed by atoms with Crippen LogP contribution in [0.5, 0.6) is 11.5 Å². The van der Waals surface area contributed by atoms with Gasteiger partial charge in [-0.2, -0.15) is 0 Å². The van der Waals surface area contributed by atoms with Gasteiger partial charge < -0.3 is 19.9 Å². The number of benzene rings is 1. The minimum atomic E-state index is -0.369. The summed E-state index contributed by atoms with van der Waals surface area (Å²) in [5.74, 6) is 1.44. The monoisotopic (exact) mass is 293 g/mol. The van der Waals surface area contributed by atoms with Gasteiger partial charge in [0.15, 0.2) is 11.5 Å². The summed E-state index contributed by atoms with van der Waals surface area (Å²) in [5, 5.41) is 13.4. The van der Waals surface area contributed by atoms with Gasteiger partial charge in [-0.05, 0) is 57.7 Å². The van der Waals surface area contributed by atoms with Crippen LogP contribution in [0.15, 0.2) is 18.2 Å². The lowest BCUT2D eigenvalue weighted by Gasteiger charge is -2.22. The van der Waals surface area contributed by atoms with Gasteiger partial charge in [-0.3, -0.25) is 0 Å². The summed E-state index contributed by atoms with van der Waals surface area (Å²) in [6.07, 6.45) is 2.24. The third-order valence-electron chi connectivity index (χ3n) is 3.75. The van der Waals surface area contributed by atoms with E-state index in [2.05, 4.69) is 26.1 Å². The van der Waals surface area contributed by atoms with Crippen molar-refractivity contribution in [2.45, 2.75) is 64.3 Å². The van der Waals surface area contributed by atoms with E-state index in [-0.39, 0.29) is 17.7 Å². The van der Waals surface area contributed by atoms with Gasteiger partial charge in [0.2, 0.25) is 0 Å². The summed E-state index contributed by atoms with van der Waals surface area (Å²) in [7, 11) is 1.64. The molecule has 2 rings (SSSR count). The highest BCUT2D eigenvalue weighted by atomic mass is 16.5. The van der Waals surface area contributed by atoms with E-state index < -0.39 is 0 Å². The lowest BCUT2D eigenvalue weighted by atomic mass is 10.1. The van der Waals surface area contributed by atoms with Gasteiger partial charge in [0.25, 0.3) is 0 Å². The molecular formula is C17H27NO3. The molecule has 1 aromatic rings. The van der Waals surface area contributed by atoms with E-state index >= 15 is 0 Å². The van der Waals surface area contributed by atoms with Crippen molar-refractivity contribution in [1.29, 1.82) is 0 Å². The van der Waals surface area contributed by atoms with Gasteiger partial charge in [-0.15, -0.1) is 0 Å². The lowest BCUT2D eigenvalue weighted by molar-refractivity contribution is 0.0585. The van der Waals surface area contributed by atoms with Crippen LogP contribution in [0, 0.1) is 0 Å². The Bertz CT molecular complexity index is 468. The fraction of sp³-hybridized carbons (Fsp3) is 0.647. The second kappa shape index (κ2) is 6.67. The second-order valence-electron chi connectivity index (χ2n) is 6.74. The molecule has 0 aromatic heterocycles. The molecule has 0 bridgehead atoms. The molecule has 1 aliphatic rings. The quantitative estimate of drug-likeness (QED) is 0.876. The number of methoxy groups -OCH3 is 1. The highest BCUT2D eigenvalue weighted by Gasteiger charge is 2.27. The largest absolute Gasteiger partial charge is 0.493 e. The standard InChI is InChI=1S/C17H27NO3/c1-17(2,3)18-11-12-8-9-15(20-4)16(10-12)21-14-7-5-6-13(14)19/h8-10,13-14,18-19H,5-7,11H2,1-4H3. The molecule has 1 fully saturated rings. The maximum atomic E-state index is 9.92. The Morgan fingerprint density at radius 1 is 1.24 bits per heavy atom. The Morgan fingerprint density at radius 2 is 2.00 bits per heavy atom. The van der Waals surface area contributed by atoms with Crippen molar-refractivity contribution < 1.29 is 14.6 Å². The van der Waals surface area contributed by atoms with Gasteiger partial charge in [0.05, 0.1) is 13.2 Å². The molecule has 1 aromatic carbocycles. The lowest BCUT2D eigenvalue weighted by Crippen LogP contribution is -2.35. The van der Waals surface area contributed by atoms with Crippen LogP contribution in [0.1, 0.15) is 45.6 Å². The summed E-state index contributed by atoms with van der Waals surface area (Å²) < 4.78 is 11.3. The summed E-state index contributed by atoms with van der Waals surface area (Å²) in [6, 6.07) is 5.97. The van der Waals surface area contributed by atoms with Crippen LogP contribution < -0.4 is 14.8 Å². The normalized spacial score (nSPS) is 22.3. The molecule has 0 spiro atoms. The maximum Gasteiger partial charge on any atom is 0.162 e. The SMILES string of the molecule is COc1ccc(CNC(C)(C)C)cc1OC1CCCC1O. The van der Waals surface area contributed by atoms with Gasteiger partial charge in [0.1, 0.15) is 6.10 Å². The summed E-state index contributed by atoms with van der Waals surface area (Å²) in [4.78, 5) is 0. The summed E-state index contributed by atoms with van der Waals surface area (Å²) in [6.45, 7) is 7.20. The average Bonchev–Trinajstić information content (AvgIpc) is 2.81. The van der Waals surface area contributed by atoms with Crippen LogP contribution in [0.3, 0.4) is 0 Å². The topological polar surface area (TPSA) is 50.7 Å². The molecule has 4 heteroatoms. The number of nitrogens with one attached hydrogen (secondary N) is 1. The van der Waals surface area contributed by atoms with Crippen molar-refractivity contribution >= 4 is 0 Å². The molecule has 2 unspecified atom stereocenters. The Kier molecular flexibility index (Phi) is 5.12. The maximum absolute atomic E-state index is 9.92. The van der Waals surface area contributed by atoms with Crippen LogP contribution >= 0.6 is 0 Å². The van der Waals surface area contributed by atoms with Crippen molar-refractivity contribution in [3.8, 4) is 11.5 Å². The zero-order valence-corrected chi connectivity index (χ0v) is 13.5. The van der Waals surface area contributed by atoms with Gasteiger partial charge >= 0.3 is 0 Å². The van der Waals surface area contributed by atoms with Crippen molar-refractivity contribution in [3.63, 3.8) is 0 Å². The number of hydrogen-bond acceptors (Lipinski definition) is 4. The molecule has 2 atom stereocenters. The van der Waals surface area contributed by atoms with Gasteiger partial charge in [0, 0.05) is 12.1 Å². The highest BCUT2D eigenvalue weighted by Crippen LogP contribution is 2.32. The molecule has 0 amide bonds. The molecule has 118 valence electrons. The van der Waals surface area contributed by atoms with Crippen molar-refractivity contribution in [3.05, 3.63) is 23.8 Å². The van der Waals surface area contributed by atoms with Crippen LogP contribution in [0.2, 0.25) is 0 Å². The van der Waals surface area contributed by atoms with Crippen LogP contribution in [0.25, 0.3) is 0 Å². The number of ether oxygens (including phenoxy) is 2. The van der Waals surface area contributed by atoms with E-state index in [4.69, 9.17) is 9.47 Å². The van der Waals surface area contributed by atoms with E-state index in [9.17, 15) is 5.11 Å². The molecule has 1 saturated carbocycles. The fourth-order valence-electron chi connectivity index (χ4n) is 2.50. The minimum absolute atomic E-state index is 0.0720. The van der Waals surface area contributed by atoms with Crippen molar-refractivity contribution in [2.24, 2.45) is 0 Å². The second-order valence-corrected chi connectivity index (χ2v) is 6.74. The predicted molar refractivity (Wildman–Crippen MR) is 83.9 cm³/mol. The first-order chi connectivity index (χ1) is 9.89. The fourth-order valence-corrected chi connectivity index (χ4v) is 2.50. The van der Waals surface area contributed by atoms with E-state index in [0.717, 1.165) is 37.1 Å².